The molecule has 166 valence electrons. The molecule has 31 heavy (non-hydrogen) atoms. The molecule has 0 aromatic carbocycles. The van der Waals surface area contributed by atoms with Gasteiger partial charge in [-0.05, 0) is 43.6 Å². The van der Waals surface area contributed by atoms with E-state index < -0.39 is 0 Å². The fourth-order valence-corrected chi connectivity index (χ4v) is 4.87. The summed E-state index contributed by atoms with van der Waals surface area (Å²) in [7, 11) is 0. The summed E-state index contributed by atoms with van der Waals surface area (Å²) in [5, 5.41) is 13.8. The Hall–Kier alpha value is -2.61. The first-order chi connectivity index (χ1) is 14.7. The van der Waals surface area contributed by atoms with Crippen LogP contribution in [0.5, 0.6) is 0 Å². The van der Waals surface area contributed by atoms with Gasteiger partial charge in [0.25, 0.3) is 0 Å². The number of amides is 3. The highest BCUT2D eigenvalue weighted by Crippen LogP contribution is 2.39. The van der Waals surface area contributed by atoms with Crippen molar-refractivity contribution in [1.29, 1.82) is 0 Å². The lowest BCUT2D eigenvalue weighted by molar-refractivity contribution is -0.119. The highest BCUT2D eigenvalue weighted by atomic mass is 35.5. The number of nitrogens with one attached hydrogen (secondary N) is 3. The van der Waals surface area contributed by atoms with Crippen LogP contribution in [-0.2, 0) is 17.8 Å². The number of carbonyl (C=O) groups is 2. The number of rotatable bonds is 4. The molecule has 2 aliphatic rings. The van der Waals surface area contributed by atoms with E-state index in [0.717, 1.165) is 55.5 Å². The minimum absolute atomic E-state index is 0.0125. The third-order valence-corrected chi connectivity index (χ3v) is 6.28. The second-order valence-corrected chi connectivity index (χ2v) is 9.82. The molecule has 0 unspecified atom stereocenters. The average molecular weight is 445 g/mol. The molecule has 1 aliphatic carbocycles. The van der Waals surface area contributed by atoms with Gasteiger partial charge in [-0.3, -0.25) is 14.8 Å². The van der Waals surface area contributed by atoms with E-state index in [4.69, 9.17) is 11.6 Å². The van der Waals surface area contributed by atoms with E-state index >= 15 is 0 Å². The highest BCUT2D eigenvalue weighted by molar-refractivity contribution is 6.33. The predicted molar refractivity (Wildman–Crippen MR) is 120 cm³/mol. The smallest absolute Gasteiger partial charge is 0.320 e. The van der Waals surface area contributed by atoms with Crippen LogP contribution in [0.15, 0.2) is 18.5 Å². The van der Waals surface area contributed by atoms with Crippen LogP contribution in [0.25, 0.3) is 11.1 Å². The number of hydrogen-bond acceptors (Lipinski definition) is 4. The van der Waals surface area contributed by atoms with Gasteiger partial charge in [0.1, 0.15) is 5.82 Å². The Morgan fingerprint density at radius 1 is 1.16 bits per heavy atom. The lowest BCUT2D eigenvalue weighted by atomic mass is 9.89. The summed E-state index contributed by atoms with van der Waals surface area (Å²) in [6.45, 7) is 6.83. The highest BCUT2D eigenvalue weighted by Gasteiger charge is 2.32. The molecule has 1 saturated carbocycles. The molecule has 2 aromatic heterocycles. The van der Waals surface area contributed by atoms with Crippen molar-refractivity contribution in [3.05, 3.63) is 29.2 Å². The SMILES string of the molecule is CC(=O)N[C@H]1CCC[C@@H](NC(=O)Nc2cc(-c3cnn4c3CC(C)(C)C4)c(Cl)cn2)C1. The van der Waals surface area contributed by atoms with Crippen LogP contribution in [0.3, 0.4) is 0 Å². The summed E-state index contributed by atoms with van der Waals surface area (Å²) in [5.74, 6) is 0.395. The van der Waals surface area contributed by atoms with Crippen molar-refractivity contribution in [3.63, 3.8) is 0 Å². The van der Waals surface area contributed by atoms with E-state index in [9.17, 15) is 9.59 Å². The minimum Gasteiger partial charge on any atom is -0.354 e. The van der Waals surface area contributed by atoms with Crippen LogP contribution in [-0.4, -0.2) is 38.8 Å². The Bertz CT molecular complexity index is 1000. The number of urea groups is 1. The number of aromatic nitrogens is 3. The molecule has 0 spiro atoms. The molecule has 0 radical (unpaired) electrons. The molecule has 0 bridgehead atoms. The number of fused-ring (bicyclic) bond motifs is 1. The second-order valence-electron chi connectivity index (χ2n) is 9.41. The van der Waals surface area contributed by atoms with Gasteiger partial charge < -0.3 is 10.6 Å². The number of anilines is 1. The lowest BCUT2D eigenvalue weighted by Gasteiger charge is -2.30. The van der Waals surface area contributed by atoms with Gasteiger partial charge >= 0.3 is 6.03 Å². The number of halogens is 1. The van der Waals surface area contributed by atoms with Crippen LogP contribution in [0, 0.1) is 5.41 Å². The molecule has 4 rings (SSSR count). The number of hydrogen-bond donors (Lipinski definition) is 3. The zero-order chi connectivity index (χ0) is 22.2. The normalized spacial score (nSPS) is 21.9. The molecule has 1 fully saturated rings. The molecule has 2 atom stereocenters. The molecule has 8 nitrogen and oxygen atoms in total. The number of carbonyl (C=O) groups excluding carboxylic acids is 2. The molecule has 3 N–H and O–H groups in total. The summed E-state index contributed by atoms with van der Waals surface area (Å²) in [6, 6.07) is 1.60. The van der Waals surface area contributed by atoms with Crippen molar-refractivity contribution in [2.45, 2.75) is 71.5 Å². The van der Waals surface area contributed by atoms with Gasteiger partial charge in [-0.2, -0.15) is 5.10 Å². The van der Waals surface area contributed by atoms with E-state index in [1.807, 2.05) is 10.9 Å². The first kappa shape index (κ1) is 21.6. The molecule has 9 heteroatoms. The predicted octanol–water partition coefficient (Wildman–Crippen LogP) is 3.75. The maximum Gasteiger partial charge on any atom is 0.320 e. The van der Waals surface area contributed by atoms with E-state index in [0.29, 0.717) is 10.8 Å². The maximum atomic E-state index is 12.6. The summed E-state index contributed by atoms with van der Waals surface area (Å²) in [6.07, 6.45) is 7.83. The Balaban J connectivity index is 1.44. The molecule has 1 aliphatic heterocycles. The fraction of sp³-hybridized carbons (Fsp3) is 0.545. The second kappa shape index (κ2) is 8.49. The molecule has 0 saturated heterocycles. The van der Waals surface area contributed by atoms with E-state index in [2.05, 4.69) is 39.9 Å². The molecular formula is C22H29ClN6O2. The van der Waals surface area contributed by atoms with Gasteiger partial charge in [-0.1, -0.05) is 25.4 Å². The van der Waals surface area contributed by atoms with E-state index in [1.165, 1.54) is 6.92 Å². The van der Waals surface area contributed by atoms with Crippen molar-refractivity contribution in [3.8, 4) is 11.1 Å². The quantitative estimate of drug-likeness (QED) is 0.668. The monoisotopic (exact) mass is 444 g/mol. The minimum atomic E-state index is -0.310. The van der Waals surface area contributed by atoms with Gasteiger partial charge in [-0.15, -0.1) is 0 Å². The Morgan fingerprint density at radius 2 is 1.90 bits per heavy atom. The van der Waals surface area contributed by atoms with Crippen LogP contribution in [0.1, 0.15) is 52.1 Å². The first-order valence-corrected chi connectivity index (χ1v) is 11.1. The first-order valence-electron chi connectivity index (χ1n) is 10.8. The molecular weight excluding hydrogens is 416 g/mol. The molecule has 3 amide bonds. The summed E-state index contributed by atoms with van der Waals surface area (Å²) in [5.41, 5.74) is 3.11. The summed E-state index contributed by atoms with van der Waals surface area (Å²) in [4.78, 5) is 28.1. The Morgan fingerprint density at radius 3 is 2.65 bits per heavy atom. The van der Waals surface area contributed by atoms with Crippen molar-refractivity contribution < 1.29 is 9.59 Å². The van der Waals surface area contributed by atoms with Gasteiger partial charge in [0.15, 0.2) is 0 Å². The third-order valence-electron chi connectivity index (χ3n) is 5.98. The topological polar surface area (TPSA) is 101 Å². The average Bonchev–Trinajstić information content (AvgIpc) is 3.18. The molecule has 2 aromatic rings. The summed E-state index contributed by atoms with van der Waals surface area (Å²) >= 11 is 6.45. The van der Waals surface area contributed by atoms with Gasteiger partial charge in [0, 0.05) is 48.6 Å². The van der Waals surface area contributed by atoms with E-state index in [-0.39, 0.29) is 29.4 Å². The largest absolute Gasteiger partial charge is 0.354 e. The van der Waals surface area contributed by atoms with Gasteiger partial charge in [0.2, 0.25) is 5.91 Å². The Labute approximate surface area is 187 Å². The van der Waals surface area contributed by atoms with Crippen LogP contribution in [0.4, 0.5) is 10.6 Å². The molecule has 3 heterocycles. The van der Waals surface area contributed by atoms with E-state index in [1.54, 1.807) is 12.3 Å². The zero-order valence-corrected chi connectivity index (χ0v) is 18.9. The Kier molecular flexibility index (Phi) is 5.92. The van der Waals surface area contributed by atoms with Crippen molar-refractivity contribution in [2.24, 2.45) is 5.41 Å². The third kappa shape index (κ3) is 5.01. The lowest BCUT2D eigenvalue weighted by Crippen LogP contribution is -2.46. The number of nitrogens with zero attached hydrogens (tertiary/aromatic N) is 3. The van der Waals surface area contributed by atoms with Crippen molar-refractivity contribution in [2.75, 3.05) is 5.32 Å². The standard InChI is InChI=1S/C22H29ClN6O2/c1-13(30)26-14-5-4-6-15(7-14)27-21(31)28-20-8-16(18(23)11-24-20)17-10-25-29-12-22(2,3)9-19(17)29/h8,10-11,14-15H,4-7,9,12H2,1-3H3,(H,26,30)(H2,24,27,28,31)/t14-,15+/m0/s1. The van der Waals surface area contributed by atoms with Crippen molar-refractivity contribution in [1.82, 2.24) is 25.4 Å². The van der Waals surface area contributed by atoms with Crippen LogP contribution < -0.4 is 16.0 Å². The van der Waals surface area contributed by atoms with Crippen LogP contribution in [0.2, 0.25) is 5.02 Å². The van der Waals surface area contributed by atoms with Crippen molar-refractivity contribution >= 4 is 29.4 Å². The fourth-order valence-electron chi connectivity index (χ4n) is 4.66. The zero-order valence-electron chi connectivity index (χ0n) is 18.2. The number of pyridine rings is 1. The van der Waals surface area contributed by atoms with Crippen LogP contribution >= 0.6 is 11.6 Å². The van der Waals surface area contributed by atoms with Gasteiger partial charge in [0.05, 0.1) is 11.2 Å². The van der Waals surface area contributed by atoms with Gasteiger partial charge in [-0.25, -0.2) is 9.78 Å². The summed E-state index contributed by atoms with van der Waals surface area (Å²) < 4.78 is 2.03. The maximum absolute atomic E-state index is 12.6.